The summed E-state index contributed by atoms with van der Waals surface area (Å²) in [6.45, 7) is 5.00. The molecule has 1 atom stereocenters. The summed E-state index contributed by atoms with van der Waals surface area (Å²) in [7, 11) is 0. The minimum absolute atomic E-state index is 0.275. The van der Waals surface area contributed by atoms with Gasteiger partial charge in [-0.05, 0) is 12.5 Å². The van der Waals surface area contributed by atoms with Gasteiger partial charge in [0.05, 0.1) is 0 Å². The number of rotatable bonds is 5. The molecule has 1 rings (SSSR count). The Kier molecular flexibility index (Phi) is 4.92. The van der Waals surface area contributed by atoms with Gasteiger partial charge in [-0.1, -0.05) is 36.9 Å². The molecule has 0 aliphatic rings. The fourth-order valence-corrected chi connectivity index (χ4v) is 1.24. The third-order valence-electron chi connectivity index (χ3n) is 1.85. The maximum atomic E-state index is 11.0. The third kappa shape index (κ3) is 4.50. The highest BCUT2D eigenvalue weighted by molar-refractivity contribution is 5.59. The van der Waals surface area contributed by atoms with Crippen molar-refractivity contribution in [1.82, 2.24) is 0 Å². The van der Waals surface area contributed by atoms with Crippen molar-refractivity contribution < 1.29 is 19.3 Å². The van der Waals surface area contributed by atoms with Crippen LogP contribution in [0.5, 0.6) is 0 Å². The van der Waals surface area contributed by atoms with Crippen molar-refractivity contribution in [2.45, 2.75) is 19.4 Å². The Morgan fingerprint density at radius 3 is 2.75 bits per heavy atom. The maximum Gasteiger partial charge on any atom is 0.550 e. The number of hydrogen-bond donors (Lipinski definition) is 0. The molecular formula is C12H14O4. The van der Waals surface area contributed by atoms with E-state index in [9.17, 15) is 4.79 Å². The van der Waals surface area contributed by atoms with Crippen LogP contribution in [0, 0.1) is 0 Å². The van der Waals surface area contributed by atoms with Crippen molar-refractivity contribution >= 4 is 6.16 Å². The monoisotopic (exact) mass is 222 g/mol. The van der Waals surface area contributed by atoms with E-state index in [0.29, 0.717) is 6.42 Å². The quantitative estimate of drug-likeness (QED) is 0.332. The van der Waals surface area contributed by atoms with E-state index in [1.165, 1.54) is 0 Å². The summed E-state index contributed by atoms with van der Waals surface area (Å²) in [5.41, 5.74) is 1.09. The molecule has 0 amide bonds. The molecule has 0 aromatic heterocycles. The Balaban J connectivity index is 2.33. The van der Waals surface area contributed by atoms with E-state index >= 15 is 0 Å². The van der Waals surface area contributed by atoms with E-state index in [2.05, 4.69) is 16.4 Å². The molecule has 1 aromatic rings. The summed E-state index contributed by atoms with van der Waals surface area (Å²) in [6, 6.07) is 9.72. The summed E-state index contributed by atoms with van der Waals surface area (Å²) in [4.78, 5) is 19.4. The molecule has 0 N–H and O–H groups in total. The van der Waals surface area contributed by atoms with Crippen LogP contribution in [0.3, 0.4) is 0 Å². The molecular weight excluding hydrogens is 208 g/mol. The minimum Gasteiger partial charge on any atom is -0.428 e. The van der Waals surface area contributed by atoms with Crippen LogP contribution in [0.25, 0.3) is 0 Å². The molecule has 4 heteroatoms. The Labute approximate surface area is 94.4 Å². The molecule has 0 saturated heterocycles. The Hall–Kier alpha value is -1.97. The Morgan fingerprint density at radius 2 is 2.12 bits per heavy atom. The first kappa shape index (κ1) is 12.1. The molecule has 0 heterocycles. The topological polar surface area (TPSA) is 44.8 Å². The molecule has 86 valence electrons. The van der Waals surface area contributed by atoms with Crippen molar-refractivity contribution in [2.75, 3.05) is 0 Å². The fourth-order valence-electron chi connectivity index (χ4n) is 1.24. The molecule has 0 saturated carbocycles. The first-order valence-corrected chi connectivity index (χ1v) is 4.91. The molecule has 0 bridgehead atoms. The highest BCUT2D eigenvalue weighted by Crippen LogP contribution is 2.06. The third-order valence-corrected chi connectivity index (χ3v) is 1.85. The SMILES string of the molecule is C=COOC(=O)OC(C)Cc1ccccc1. The van der Waals surface area contributed by atoms with Gasteiger partial charge < -0.3 is 4.74 Å². The van der Waals surface area contributed by atoms with Crippen molar-refractivity contribution in [3.05, 3.63) is 48.7 Å². The zero-order chi connectivity index (χ0) is 11.8. The zero-order valence-electron chi connectivity index (χ0n) is 9.09. The lowest BCUT2D eigenvalue weighted by Gasteiger charge is -2.11. The standard InChI is InChI=1S/C12H14O4/c1-3-14-16-12(13)15-10(2)9-11-7-5-4-6-8-11/h3-8,10H,1,9H2,2H3. The second kappa shape index (κ2) is 6.50. The van der Waals surface area contributed by atoms with Gasteiger partial charge in [-0.25, -0.2) is 4.89 Å². The van der Waals surface area contributed by atoms with Crippen LogP contribution < -0.4 is 0 Å². The van der Waals surface area contributed by atoms with Crippen molar-refractivity contribution in [2.24, 2.45) is 0 Å². The summed E-state index contributed by atoms with van der Waals surface area (Å²) in [6.07, 6.45) is 0.485. The first-order chi connectivity index (χ1) is 7.72. The second-order valence-corrected chi connectivity index (χ2v) is 3.21. The van der Waals surface area contributed by atoms with E-state index < -0.39 is 6.16 Å². The van der Waals surface area contributed by atoms with Gasteiger partial charge in [0.15, 0.2) is 0 Å². The molecule has 16 heavy (non-hydrogen) atoms. The van der Waals surface area contributed by atoms with Crippen molar-refractivity contribution in [3.8, 4) is 0 Å². The normalized spacial score (nSPS) is 11.3. The number of ether oxygens (including phenoxy) is 1. The van der Waals surface area contributed by atoms with Gasteiger partial charge in [0.2, 0.25) is 0 Å². The second-order valence-electron chi connectivity index (χ2n) is 3.21. The van der Waals surface area contributed by atoms with Gasteiger partial charge in [0.1, 0.15) is 12.4 Å². The maximum absolute atomic E-state index is 11.0. The van der Waals surface area contributed by atoms with Crippen LogP contribution >= 0.6 is 0 Å². The lowest BCUT2D eigenvalue weighted by molar-refractivity contribution is -0.211. The molecule has 0 fully saturated rings. The minimum atomic E-state index is -0.872. The zero-order valence-corrected chi connectivity index (χ0v) is 9.09. The van der Waals surface area contributed by atoms with Crippen LogP contribution in [-0.2, 0) is 20.9 Å². The van der Waals surface area contributed by atoms with Crippen LogP contribution in [0.15, 0.2) is 43.2 Å². The smallest absolute Gasteiger partial charge is 0.428 e. The van der Waals surface area contributed by atoms with Gasteiger partial charge in [0, 0.05) is 6.42 Å². The van der Waals surface area contributed by atoms with Crippen molar-refractivity contribution in [3.63, 3.8) is 0 Å². The molecule has 0 radical (unpaired) electrons. The number of carbonyl (C=O) groups is 1. The van der Waals surface area contributed by atoms with E-state index in [1.54, 1.807) is 6.92 Å². The average molecular weight is 222 g/mol. The summed E-state index contributed by atoms with van der Waals surface area (Å²) < 4.78 is 4.92. The van der Waals surface area contributed by atoms with Crippen LogP contribution in [0.4, 0.5) is 4.79 Å². The van der Waals surface area contributed by atoms with Gasteiger partial charge in [0.25, 0.3) is 0 Å². The van der Waals surface area contributed by atoms with Gasteiger partial charge in [-0.15, -0.1) is 0 Å². The average Bonchev–Trinajstić information content (AvgIpc) is 2.27. The van der Waals surface area contributed by atoms with Gasteiger partial charge in [-0.3, -0.25) is 4.89 Å². The van der Waals surface area contributed by atoms with Crippen LogP contribution in [0.1, 0.15) is 12.5 Å². The lowest BCUT2D eigenvalue weighted by atomic mass is 10.1. The largest absolute Gasteiger partial charge is 0.550 e. The van der Waals surface area contributed by atoms with Crippen molar-refractivity contribution in [1.29, 1.82) is 0 Å². The highest BCUT2D eigenvalue weighted by atomic mass is 17.2. The summed E-state index contributed by atoms with van der Waals surface area (Å²) >= 11 is 0. The Bertz CT molecular complexity index is 334. The molecule has 1 unspecified atom stereocenters. The van der Waals surface area contributed by atoms with Crippen LogP contribution in [0.2, 0.25) is 0 Å². The predicted molar refractivity (Wildman–Crippen MR) is 58.5 cm³/mol. The summed E-state index contributed by atoms with van der Waals surface area (Å²) in [5.74, 6) is 0. The van der Waals surface area contributed by atoms with Gasteiger partial charge >= 0.3 is 6.16 Å². The molecule has 4 nitrogen and oxygen atoms in total. The first-order valence-electron chi connectivity index (χ1n) is 4.91. The molecule has 0 spiro atoms. The summed E-state index contributed by atoms with van der Waals surface area (Å²) in [5, 5.41) is 0. The highest BCUT2D eigenvalue weighted by Gasteiger charge is 2.11. The number of carbonyl (C=O) groups excluding carboxylic acids is 1. The fraction of sp³-hybridized carbons (Fsp3) is 0.250. The van der Waals surface area contributed by atoms with E-state index in [4.69, 9.17) is 4.74 Å². The number of benzene rings is 1. The van der Waals surface area contributed by atoms with E-state index in [-0.39, 0.29) is 6.10 Å². The lowest BCUT2D eigenvalue weighted by Crippen LogP contribution is -2.17. The van der Waals surface area contributed by atoms with Crippen LogP contribution in [-0.4, -0.2) is 12.3 Å². The van der Waals surface area contributed by atoms with E-state index in [1.807, 2.05) is 30.3 Å². The molecule has 0 aliphatic heterocycles. The Morgan fingerprint density at radius 1 is 1.44 bits per heavy atom. The van der Waals surface area contributed by atoms with E-state index in [0.717, 1.165) is 11.8 Å². The predicted octanol–water partition coefficient (Wildman–Crippen LogP) is 2.85. The van der Waals surface area contributed by atoms with Gasteiger partial charge in [-0.2, -0.15) is 4.79 Å². The molecule has 0 aliphatic carbocycles. The molecule has 1 aromatic carbocycles. The number of hydrogen-bond acceptors (Lipinski definition) is 4.